The minimum atomic E-state index is -3.63. The molecule has 1 aliphatic rings. The average Bonchev–Trinajstić information content (AvgIpc) is 2.38. The maximum absolute atomic E-state index is 12.6. The standard InChI is InChI=1S/C12H14INO4S2/c1-8-7-19-5-4-14(8)20(17,18)9-2-3-11(13)10(6-9)12(15)16/h2-3,6,8H,4-5,7H2,1H3,(H,15,16). The van der Waals surface area contributed by atoms with Crippen molar-refractivity contribution in [3.8, 4) is 0 Å². The van der Waals surface area contributed by atoms with Crippen molar-refractivity contribution in [1.82, 2.24) is 4.31 Å². The summed E-state index contributed by atoms with van der Waals surface area (Å²) in [4.78, 5) is 11.2. The summed E-state index contributed by atoms with van der Waals surface area (Å²) in [5, 5.41) is 9.10. The highest BCUT2D eigenvalue weighted by atomic mass is 127. The SMILES string of the molecule is CC1CSCCN1S(=O)(=O)c1ccc(I)c(C(=O)O)c1. The van der Waals surface area contributed by atoms with Gasteiger partial charge in [-0.15, -0.1) is 0 Å². The molecule has 0 radical (unpaired) electrons. The van der Waals surface area contributed by atoms with Crippen LogP contribution in [0.25, 0.3) is 0 Å². The Kier molecular flexibility index (Phi) is 4.98. The van der Waals surface area contributed by atoms with Crippen LogP contribution in [0, 0.1) is 3.57 Å². The number of sulfonamides is 1. The van der Waals surface area contributed by atoms with Crippen molar-refractivity contribution in [1.29, 1.82) is 0 Å². The lowest BCUT2D eigenvalue weighted by Gasteiger charge is -2.32. The van der Waals surface area contributed by atoms with Gasteiger partial charge in [-0.3, -0.25) is 0 Å². The van der Waals surface area contributed by atoms with E-state index in [2.05, 4.69) is 0 Å². The predicted octanol–water partition coefficient (Wildman–Crippen LogP) is 2.12. The number of benzene rings is 1. The maximum Gasteiger partial charge on any atom is 0.336 e. The van der Waals surface area contributed by atoms with Crippen molar-refractivity contribution in [2.45, 2.75) is 17.9 Å². The third-order valence-corrected chi connectivity index (χ3v) is 7.22. The van der Waals surface area contributed by atoms with Crippen molar-refractivity contribution in [3.05, 3.63) is 27.3 Å². The van der Waals surface area contributed by atoms with E-state index in [1.165, 1.54) is 22.5 Å². The van der Waals surface area contributed by atoms with Crippen molar-refractivity contribution < 1.29 is 18.3 Å². The van der Waals surface area contributed by atoms with Crippen LogP contribution in [0.1, 0.15) is 17.3 Å². The number of aromatic carboxylic acids is 1. The van der Waals surface area contributed by atoms with Crippen LogP contribution in [-0.4, -0.2) is 47.9 Å². The van der Waals surface area contributed by atoms with E-state index < -0.39 is 16.0 Å². The Bertz CT molecular complexity index is 632. The highest BCUT2D eigenvalue weighted by molar-refractivity contribution is 14.1. The second-order valence-corrected chi connectivity index (χ2v) is 8.69. The van der Waals surface area contributed by atoms with Gasteiger partial charge in [0.1, 0.15) is 0 Å². The lowest BCUT2D eigenvalue weighted by Crippen LogP contribution is -2.44. The van der Waals surface area contributed by atoms with Crippen LogP contribution in [0.4, 0.5) is 0 Å². The molecule has 5 nitrogen and oxygen atoms in total. The number of nitrogens with zero attached hydrogens (tertiary/aromatic N) is 1. The Morgan fingerprint density at radius 3 is 2.80 bits per heavy atom. The number of carbonyl (C=O) groups is 1. The molecular weight excluding hydrogens is 413 g/mol. The van der Waals surface area contributed by atoms with E-state index in [0.29, 0.717) is 10.1 Å². The van der Waals surface area contributed by atoms with Crippen LogP contribution < -0.4 is 0 Å². The maximum atomic E-state index is 12.6. The van der Waals surface area contributed by atoms with Crippen LogP contribution >= 0.6 is 34.4 Å². The number of carboxylic acids is 1. The fourth-order valence-electron chi connectivity index (χ4n) is 2.03. The van der Waals surface area contributed by atoms with Gasteiger partial charge in [-0.2, -0.15) is 16.1 Å². The summed E-state index contributed by atoms with van der Waals surface area (Å²) < 4.78 is 27.2. The first-order valence-electron chi connectivity index (χ1n) is 5.96. The first-order valence-corrected chi connectivity index (χ1v) is 9.64. The van der Waals surface area contributed by atoms with Gasteiger partial charge in [0.15, 0.2) is 0 Å². The molecule has 1 unspecified atom stereocenters. The molecule has 0 bridgehead atoms. The lowest BCUT2D eigenvalue weighted by atomic mass is 10.2. The highest BCUT2D eigenvalue weighted by Crippen LogP contribution is 2.26. The monoisotopic (exact) mass is 427 g/mol. The van der Waals surface area contributed by atoms with Gasteiger partial charge < -0.3 is 5.11 Å². The second-order valence-electron chi connectivity index (χ2n) is 4.49. The lowest BCUT2D eigenvalue weighted by molar-refractivity contribution is 0.0695. The smallest absolute Gasteiger partial charge is 0.336 e. The van der Waals surface area contributed by atoms with E-state index >= 15 is 0 Å². The first-order chi connectivity index (χ1) is 9.34. The molecular formula is C12H14INO4S2. The van der Waals surface area contributed by atoms with Crippen molar-refractivity contribution >= 4 is 50.3 Å². The quantitative estimate of drug-likeness (QED) is 0.749. The van der Waals surface area contributed by atoms with E-state index in [1.807, 2.05) is 29.5 Å². The minimum absolute atomic E-state index is 0.0192. The van der Waals surface area contributed by atoms with Gasteiger partial charge in [0, 0.05) is 27.7 Å². The summed E-state index contributed by atoms with van der Waals surface area (Å²) in [5.41, 5.74) is 0.0192. The Balaban J connectivity index is 2.44. The summed E-state index contributed by atoms with van der Waals surface area (Å²) >= 11 is 3.61. The molecule has 110 valence electrons. The fourth-order valence-corrected chi connectivity index (χ4v) is 5.48. The molecule has 0 spiro atoms. The van der Waals surface area contributed by atoms with E-state index in [9.17, 15) is 13.2 Å². The minimum Gasteiger partial charge on any atom is -0.478 e. The molecule has 0 aromatic heterocycles. The highest BCUT2D eigenvalue weighted by Gasteiger charge is 2.31. The molecule has 0 amide bonds. The van der Waals surface area contributed by atoms with Gasteiger partial charge in [0.05, 0.1) is 10.5 Å². The molecule has 1 aliphatic heterocycles. The van der Waals surface area contributed by atoms with Crippen molar-refractivity contribution in [2.24, 2.45) is 0 Å². The zero-order chi connectivity index (χ0) is 14.9. The Hall–Kier alpha value is -0.320. The predicted molar refractivity (Wildman–Crippen MR) is 86.8 cm³/mol. The van der Waals surface area contributed by atoms with E-state index in [-0.39, 0.29) is 16.5 Å². The van der Waals surface area contributed by atoms with Crippen molar-refractivity contribution in [3.63, 3.8) is 0 Å². The van der Waals surface area contributed by atoms with Gasteiger partial charge in [-0.25, -0.2) is 13.2 Å². The molecule has 1 aromatic rings. The molecule has 0 aliphatic carbocycles. The van der Waals surface area contributed by atoms with Crippen LogP contribution in [0.2, 0.25) is 0 Å². The molecule has 1 fully saturated rings. The van der Waals surface area contributed by atoms with Crippen LogP contribution in [0.15, 0.2) is 23.1 Å². The van der Waals surface area contributed by atoms with Gasteiger partial charge in [-0.05, 0) is 47.7 Å². The largest absolute Gasteiger partial charge is 0.478 e. The number of carboxylic acid groups (broad SMARTS) is 1. The average molecular weight is 427 g/mol. The number of thioether (sulfide) groups is 1. The second kappa shape index (κ2) is 6.20. The Morgan fingerprint density at radius 2 is 2.20 bits per heavy atom. The summed E-state index contributed by atoms with van der Waals surface area (Å²) in [7, 11) is -3.63. The molecule has 1 N–H and O–H groups in total. The molecule has 0 saturated carbocycles. The molecule has 1 heterocycles. The fraction of sp³-hybridized carbons (Fsp3) is 0.417. The van der Waals surface area contributed by atoms with Crippen molar-refractivity contribution in [2.75, 3.05) is 18.1 Å². The first kappa shape index (κ1) is 16.1. The zero-order valence-electron chi connectivity index (χ0n) is 10.7. The van der Waals surface area contributed by atoms with E-state index in [1.54, 1.807) is 11.8 Å². The molecule has 20 heavy (non-hydrogen) atoms. The number of halogens is 1. The molecule has 1 saturated heterocycles. The normalized spacial score (nSPS) is 20.8. The Morgan fingerprint density at radius 1 is 1.50 bits per heavy atom. The number of hydrogen-bond donors (Lipinski definition) is 1. The van der Waals surface area contributed by atoms with Gasteiger partial charge >= 0.3 is 5.97 Å². The van der Waals surface area contributed by atoms with E-state index in [0.717, 1.165) is 11.5 Å². The third-order valence-electron chi connectivity index (χ3n) is 3.08. The van der Waals surface area contributed by atoms with Crippen LogP contribution in [0.5, 0.6) is 0 Å². The topological polar surface area (TPSA) is 74.7 Å². The summed E-state index contributed by atoms with van der Waals surface area (Å²) in [6, 6.07) is 4.16. The summed E-state index contributed by atoms with van der Waals surface area (Å²) in [6.45, 7) is 2.33. The number of hydrogen-bond acceptors (Lipinski definition) is 4. The molecule has 1 aromatic carbocycles. The van der Waals surface area contributed by atoms with Crippen LogP contribution in [0.3, 0.4) is 0 Å². The van der Waals surface area contributed by atoms with E-state index in [4.69, 9.17) is 5.11 Å². The third kappa shape index (κ3) is 3.12. The van der Waals surface area contributed by atoms with Gasteiger partial charge in [-0.1, -0.05) is 0 Å². The molecule has 8 heteroatoms. The summed E-state index contributed by atoms with van der Waals surface area (Å²) in [5.74, 6) is 0.406. The van der Waals surface area contributed by atoms with Gasteiger partial charge in [0.2, 0.25) is 10.0 Å². The zero-order valence-corrected chi connectivity index (χ0v) is 14.5. The molecule has 1 atom stereocenters. The Labute approximate surface area is 135 Å². The van der Waals surface area contributed by atoms with Crippen LogP contribution in [-0.2, 0) is 10.0 Å². The number of rotatable bonds is 3. The molecule has 2 rings (SSSR count). The van der Waals surface area contributed by atoms with Gasteiger partial charge in [0.25, 0.3) is 0 Å². The summed E-state index contributed by atoms with van der Waals surface area (Å²) in [6.07, 6.45) is 0.